The van der Waals surface area contributed by atoms with Crippen LogP contribution in [0.3, 0.4) is 0 Å². The molecule has 0 unspecified atom stereocenters. The number of nitrogens with one attached hydrogen (secondary N) is 1. The summed E-state index contributed by atoms with van der Waals surface area (Å²) in [6.07, 6.45) is 3.00. The van der Waals surface area contributed by atoms with E-state index in [-0.39, 0.29) is 11.8 Å². The number of hydrogen-bond donors (Lipinski definition) is 1. The molecule has 2 amide bonds. The van der Waals surface area contributed by atoms with Gasteiger partial charge in [0.25, 0.3) is 11.8 Å². The van der Waals surface area contributed by atoms with Gasteiger partial charge in [-0.1, -0.05) is 19.1 Å². The summed E-state index contributed by atoms with van der Waals surface area (Å²) in [5, 5.41) is 2.87. The lowest BCUT2D eigenvalue weighted by Gasteiger charge is -2.18. The molecular weight excluding hydrogens is 328 g/mol. The monoisotopic (exact) mass is 352 g/mol. The van der Waals surface area contributed by atoms with Gasteiger partial charge in [0.15, 0.2) is 0 Å². The molecule has 0 radical (unpaired) electrons. The van der Waals surface area contributed by atoms with E-state index in [1.165, 1.54) is 0 Å². The fourth-order valence-corrected chi connectivity index (χ4v) is 2.99. The first kappa shape index (κ1) is 18.0. The van der Waals surface area contributed by atoms with Crippen molar-refractivity contribution in [2.75, 3.05) is 25.0 Å². The lowest BCUT2D eigenvalue weighted by atomic mass is 10.1. The Kier molecular flexibility index (Phi) is 5.89. The first-order chi connectivity index (χ1) is 12.7. The number of nitrogens with zero attached hydrogens (tertiary/aromatic N) is 1. The zero-order valence-electron chi connectivity index (χ0n) is 15.0. The van der Waals surface area contributed by atoms with Gasteiger partial charge in [-0.3, -0.25) is 9.59 Å². The zero-order chi connectivity index (χ0) is 18.4. The van der Waals surface area contributed by atoms with Crippen molar-refractivity contribution < 1.29 is 14.3 Å². The summed E-state index contributed by atoms with van der Waals surface area (Å²) in [4.78, 5) is 27.1. The highest BCUT2D eigenvalue weighted by Gasteiger charge is 2.22. The van der Waals surface area contributed by atoms with E-state index in [4.69, 9.17) is 4.74 Å². The van der Waals surface area contributed by atoms with Crippen LogP contribution in [0.15, 0.2) is 48.5 Å². The van der Waals surface area contributed by atoms with E-state index < -0.39 is 0 Å². The van der Waals surface area contributed by atoms with Crippen LogP contribution in [0.25, 0.3) is 0 Å². The number of ether oxygens (including phenoxy) is 1. The Morgan fingerprint density at radius 3 is 2.42 bits per heavy atom. The van der Waals surface area contributed by atoms with Crippen molar-refractivity contribution in [3.05, 3.63) is 59.7 Å². The van der Waals surface area contributed by atoms with Gasteiger partial charge in [-0.25, -0.2) is 0 Å². The van der Waals surface area contributed by atoms with Gasteiger partial charge >= 0.3 is 0 Å². The molecule has 1 N–H and O–H groups in total. The number of amides is 2. The predicted octanol–water partition coefficient (Wildman–Crippen LogP) is 3.96. The van der Waals surface area contributed by atoms with E-state index in [1.54, 1.807) is 36.4 Å². The molecule has 0 saturated carbocycles. The normalized spacial score (nSPS) is 13.5. The van der Waals surface area contributed by atoms with E-state index in [0.29, 0.717) is 23.4 Å². The fourth-order valence-electron chi connectivity index (χ4n) is 2.99. The molecule has 1 aliphatic heterocycles. The zero-order valence-corrected chi connectivity index (χ0v) is 15.0. The third-order valence-corrected chi connectivity index (χ3v) is 4.39. The number of anilines is 1. The first-order valence-electron chi connectivity index (χ1n) is 9.11. The van der Waals surface area contributed by atoms with Gasteiger partial charge in [-0.15, -0.1) is 0 Å². The van der Waals surface area contributed by atoms with Crippen LogP contribution >= 0.6 is 0 Å². The van der Waals surface area contributed by atoms with Crippen LogP contribution in [0.2, 0.25) is 0 Å². The van der Waals surface area contributed by atoms with Crippen LogP contribution in [-0.2, 0) is 0 Å². The van der Waals surface area contributed by atoms with Crippen LogP contribution in [-0.4, -0.2) is 36.4 Å². The van der Waals surface area contributed by atoms with Gasteiger partial charge in [-0.2, -0.15) is 0 Å². The Labute approximate surface area is 154 Å². The molecule has 5 nitrogen and oxygen atoms in total. The molecule has 5 heteroatoms. The smallest absolute Gasteiger partial charge is 0.255 e. The van der Waals surface area contributed by atoms with E-state index in [0.717, 1.165) is 38.1 Å². The van der Waals surface area contributed by atoms with Crippen LogP contribution in [0.1, 0.15) is 46.9 Å². The van der Waals surface area contributed by atoms with Gasteiger partial charge in [0.2, 0.25) is 0 Å². The average Bonchev–Trinajstić information content (AvgIpc) is 3.21. The second kappa shape index (κ2) is 8.52. The maximum atomic E-state index is 12.7. The summed E-state index contributed by atoms with van der Waals surface area (Å²) in [5.74, 6) is 0.475. The molecule has 1 aliphatic rings. The van der Waals surface area contributed by atoms with Crippen molar-refractivity contribution in [3.8, 4) is 5.75 Å². The SMILES string of the molecule is CCCOc1ccc(C(=O)Nc2ccccc2C(=O)N2CCCC2)cc1. The standard InChI is InChI=1S/C21H24N2O3/c1-2-15-26-17-11-9-16(10-12-17)20(24)22-19-8-4-3-7-18(19)21(25)23-13-5-6-14-23/h3-4,7-12H,2,5-6,13-15H2,1H3,(H,22,24). The van der Waals surface area contributed by atoms with Crippen LogP contribution in [0.4, 0.5) is 5.69 Å². The molecule has 2 aromatic rings. The summed E-state index contributed by atoms with van der Waals surface area (Å²) >= 11 is 0. The van der Waals surface area contributed by atoms with Crippen molar-refractivity contribution in [2.45, 2.75) is 26.2 Å². The number of rotatable bonds is 6. The quantitative estimate of drug-likeness (QED) is 0.856. The topological polar surface area (TPSA) is 58.6 Å². The van der Waals surface area contributed by atoms with Gasteiger partial charge in [0, 0.05) is 18.7 Å². The number of benzene rings is 2. The van der Waals surface area contributed by atoms with Crippen LogP contribution in [0, 0.1) is 0 Å². The van der Waals surface area contributed by atoms with Crippen molar-refractivity contribution in [2.24, 2.45) is 0 Å². The minimum atomic E-state index is -0.242. The van der Waals surface area contributed by atoms with Gasteiger partial charge in [-0.05, 0) is 55.7 Å². The minimum absolute atomic E-state index is 0.0262. The van der Waals surface area contributed by atoms with Gasteiger partial charge in [0.05, 0.1) is 17.9 Å². The molecule has 0 atom stereocenters. The summed E-state index contributed by atoms with van der Waals surface area (Å²) in [5.41, 5.74) is 1.60. The van der Waals surface area contributed by atoms with Crippen molar-refractivity contribution in [1.29, 1.82) is 0 Å². The van der Waals surface area contributed by atoms with Gasteiger partial charge < -0.3 is 15.0 Å². The van der Waals surface area contributed by atoms with E-state index in [2.05, 4.69) is 5.32 Å². The molecule has 0 bridgehead atoms. The molecule has 1 saturated heterocycles. The number of likely N-dealkylation sites (tertiary alicyclic amines) is 1. The number of para-hydroxylation sites is 1. The number of carbonyl (C=O) groups excluding carboxylic acids is 2. The number of carbonyl (C=O) groups is 2. The Morgan fingerprint density at radius 2 is 1.73 bits per heavy atom. The maximum Gasteiger partial charge on any atom is 0.255 e. The molecule has 0 aliphatic carbocycles. The molecule has 2 aromatic carbocycles. The molecule has 3 rings (SSSR count). The summed E-state index contributed by atoms with van der Waals surface area (Å²) in [7, 11) is 0. The van der Waals surface area contributed by atoms with E-state index >= 15 is 0 Å². The molecular formula is C21H24N2O3. The maximum absolute atomic E-state index is 12.7. The van der Waals surface area contributed by atoms with Crippen LogP contribution in [0.5, 0.6) is 5.75 Å². The fraction of sp³-hybridized carbons (Fsp3) is 0.333. The van der Waals surface area contributed by atoms with E-state index in [9.17, 15) is 9.59 Å². The molecule has 26 heavy (non-hydrogen) atoms. The van der Waals surface area contributed by atoms with Crippen molar-refractivity contribution >= 4 is 17.5 Å². The Hall–Kier alpha value is -2.82. The third-order valence-electron chi connectivity index (χ3n) is 4.39. The first-order valence-corrected chi connectivity index (χ1v) is 9.11. The highest BCUT2D eigenvalue weighted by Crippen LogP contribution is 2.21. The number of hydrogen-bond acceptors (Lipinski definition) is 3. The molecule has 0 aromatic heterocycles. The second-order valence-corrected chi connectivity index (χ2v) is 6.37. The average molecular weight is 352 g/mol. The lowest BCUT2D eigenvalue weighted by Crippen LogP contribution is -2.28. The second-order valence-electron chi connectivity index (χ2n) is 6.37. The predicted molar refractivity (Wildman–Crippen MR) is 102 cm³/mol. The minimum Gasteiger partial charge on any atom is -0.494 e. The van der Waals surface area contributed by atoms with Crippen molar-refractivity contribution in [1.82, 2.24) is 4.90 Å². The van der Waals surface area contributed by atoms with Gasteiger partial charge in [0.1, 0.15) is 5.75 Å². The largest absolute Gasteiger partial charge is 0.494 e. The highest BCUT2D eigenvalue weighted by atomic mass is 16.5. The van der Waals surface area contributed by atoms with Crippen molar-refractivity contribution in [3.63, 3.8) is 0 Å². The third kappa shape index (κ3) is 4.23. The Morgan fingerprint density at radius 1 is 1.04 bits per heavy atom. The highest BCUT2D eigenvalue weighted by molar-refractivity contribution is 6.09. The summed E-state index contributed by atoms with van der Waals surface area (Å²) in [6, 6.07) is 14.2. The Balaban J connectivity index is 1.72. The summed E-state index contributed by atoms with van der Waals surface area (Å²) in [6.45, 7) is 4.25. The molecule has 1 fully saturated rings. The molecule has 0 spiro atoms. The van der Waals surface area contributed by atoms with Crippen LogP contribution < -0.4 is 10.1 Å². The Bertz CT molecular complexity index is 765. The molecule has 136 valence electrons. The van der Waals surface area contributed by atoms with E-state index in [1.807, 2.05) is 24.0 Å². The summed E-state index contributed by atoms with van der Waals surface area (Å²) < 4.78 is 5.53. The molecule has 1 heterocycles. The lowest BCUT2D eigenvalue weighted by molar-refractivity contribution is 0.0794.